The number of thioether (sulfide) groups is 1. The fraction of sp³-hybridized carbons (Fsp3) is 0.160. The molecular formula is C25H22Cl2N4O2S2. The molecule has 180 valence electrons. The van der Waals surface area contributed by atoms with Crippen LogP contribution in [0.25, 0.3) is 0 Å². The van der Waals surface area contributed by atoms with Crippen molar-refractivity contribution >= 4 is 61.6 Å². The summed E-state index contributed by atoms with van der Waals surface area (Å²) in [5.74, 6) is 0.416. The topological polar surface area (TPSA) is 85.9 Å². The highest BCUT2D eigenvalue weighted by atomic mass is 35.5. The smallest absolute Gasteiger partial charge is 0.284 e. The molecule has 1 N–H and O–H groups in total. The van der Waals surface area contributed by atoms with E-state index in [1.165, 1.54) is 41.0 Å². The first-order valence-corrected chi connectivity index (χ1v) is 14.0. The van der Waals surface area contributed by atoms with Crippen LogP contribution >= 0.6 is 35.0 Å². The Balaban J connectivity index is 1.80. The average Bonchev–Trinajstić information content (AvgIpc) is 3.29. The van der Waals surface area contributed by atoms with E-state index in [0.29, 0.717) is 22.3 Å². The Labute approximate surface area is 219 Å². The number of halogens is 2. The molecule has 35 heavy (non-hydrogen) atoms. The van der Waals surface area contributed by atoms with Crippen LogP contribution in [0.2, 0.25) is 10.0 Å². The molecule has 0 fully saturated rings. The number of rotatable bonds is 5. The van der Waals surface area contributed by atoms with Crippen molar-refractivity contribution in [1.82, 2.24) is 5.01 Å². The quantitative estimate of drug-likeness (QED) is 0.301. The van der Waals surface area contributed by atoms with Crippen molar-refractivity contribution in [3.63, 3.8) is 0 Å². The molecule has 1 aliphatic heterocycles. The minimum Gasteiger partial charge on any atom is -0.291 e. The van der Waals surface area contributed by atoms with Gasteiger partial charge in [-0.1, -0.05) is 72.6 Å². The maximum Gasteiger partial charge on any atom is 0.284 e. The zero-order chi connectivity index (χ0) is 25.0. The van der Waals surface area contributed by atoms with Crippen molar-refractivity contribution in [2.75, 3.05) is 12.3 Å². The first kappa shape index (κ1) is 25.4. The SMILES string of the molecule is CCSC(=N)/C(=N\S(=O)(=O)c1ccc(Cl)cc1)N1CC(c2ccccc2)C(c2ccc(Cl)cc2)=N1. The van der Waals surface area contributed by atoms with E-state index in [1.807, 2.05) is 49.4 Å². The van der Waals surface area contributed by atoms with Gasteiger partial charge in [0, 0.05) is 16.0 Å². The van der Waals surface area contributed by atoms with Crippen LogP contribution in [-0.4, -0.2) is 42.3 Å². The third kappa shape index (κ3) is 5.95. The van der Waals surface area contributed by atoms with Gasteiger partial charge in [0.2, 0.25) is 0 Å². The number of hydrogen-bond acceptors (Lipinski definition) is 5. The van der Waals surface area contributed by atoms with Crippen molar-refractivity contribution < 1.29 is 8.42 Å². The average molecular weight is 546 g/mol. The number of nitrogens with zero attached hydrogens (tertiary/aromatic N) is 3. The molecule has 0 aromatic heterocycles. The van der Waals surface area contributed by atoms with Crippen LogP contribution < -0.4 is 0 Å². The fourth-order valence-electron chi connectivity index (χ4n) is 3.65. The predicted molar refractivity (Wildman–Crippen MR) is 146 cm³/mol. The van der Waals surface area contributed by atoms with Gasteiger partial charge in [0.15, 0.2) is 5.84 Å². The maximum atomic E-state index is 13.1. The Morgan fingerprint density at radius 2 is 1.63 bits per heavy atom. The van der Waals surface area contributed by atoms with E-state index in [2.05, 4.69) is 4.40 Å². The first-order chi connectivity index (χ1) is 16.8. The Kier molecular flexibility index (Phi) is 7.96. The normalized spacial score (nSPS) is 16.3. The molecule has 0 bridgehead atoms. The molecule has 1 unspecified atom stereocenters. The van der Waals surface area contributed by atoms with E-state index in [9.17, 15) is 8.42 Å². The van der Waals surface area contributed by atoms with Gasteiger partial charge in [-0.3, -0.25) is 5.41 Å². The van der Waals surface area contributed by atoms with Gasteiger partial charge < -0.3 is 0 Å². The second kappa shape index (κ2) is 11.0. The number of benzene rings is 3. The zero-order valence-corrected chi connectivity index (χ0v) is 21.9. The molecule has 10 heteroatoms. The Hall–Kier alpha value is -2.65. The summed E-state index contributed by atoms with van der Waals surface area (Å²) in [7, 11) is -4.10. The third-order valence-corrected chi connectivity index (χ3v) is 7.86. The summed E-state index contributed by atoms with van der Waals surface area (Å²) in [6.45, 7) is 2.23. The molecule has 0 saturated heterocycles. The van der Waals surface area contributed by atoms with Gasteiger partial charge in [-0.15, -0.1) is 16.2 Å². The molecular weight excluding hydrogens is 523 g/mol. The molecule has 0 radical (unpaired) electrons. The Morgan fingerprint density at radius 1 is 1.03 bits per heavy atom. The molecule has 3 aromatic rings. The Morgan fingerprint density at radius 3 is 2.23 bits per heavy atom. The first-order valence-electron chi connectivity index (χ1n) is 10.8. The predicted octanol–water partition coefficient (Wildman–Crippen LogP) is 6.31. The summed E-state index contributed by atoms with van der Waals surface area (Å²) in [6.07, 6.45) is 0. The molecule has 0 spiro atoms. The van der Waals surface area contributed by atoms with Crippen molar-refractivity contribution in [2.45, 2.75) is 17.7 Å². The Bertz CT molecular complexity index is 1380. The van der Waals surface area contributed by atoms with Crippen molar-refractivity contribution in [1.29, 1.82) is 5.41 Å². The van der Waals surface area contributed by atoms with Crippen molar-refractivity contribution in [3.05, 3.63) is 100 Å². The molecule has 3 aromatic carbocycles. The lowest BCUT2D eigenvalue weighted by atomic mass is 9.91. The van der Waals surface area contributed by atoms with Crippen LogP contribution in [0.5, 0.6) is 0 Å². The van der Waals surface area contributed by atoms with Crippen LogP contribution in [0.3, 0.4) is 0 Å². The van der Waals surface area contributed by atoms with Crippen LogP contribution in [-0.2, 0) is 10.0 Å². The number of sulfonamides is 1. The zero-order valence-electron chi connectivity index (χ0n) is 18.7. The summed E-state index contributed by atoms with van der Waals surface area (Å²) in [4.78, 5) is -0.00518. The number of hydrogen-bond donors (Lipinski definition) is 1. The minimum absolute atomic E-state index is 0.00518. The van der Waals surface area contributed by atoms with Gasteiger partial charge in [-0.25, -0.2) is 5.01 Å². The highest BCUT2D eigenvalue weighted by Crippen LogP contribution is 2.31. The molecule has 0 saturated carbocycles. The van der Waals surface area contributed by atoms with E-state index in [4.69, 9.17) is 33.7 Å². The van der Waals surface area contributed by atoms with Gasteiger partial charge in [0.1, 0.15) is 5.04 Å². The second-order valence-corrected chi connectivity index (χ2v) is 11.4. The van der Waals surface area contributed by atoms with Crippen molar-refractivity contribution in [2.24, 2.45) is 9.50 Å². The lowest BCUT2D eigenvalue weighted by Gasteiger charge is -2.18. The lowest BCUT2D eigenvalue weighted by molar-refractivity contribution is 0.481. The monoisotopic (exact) mass is 544 g/mol. The van der Waals surface area contributed by atoms with Gasteiger partial charge in [-0.2, -0.15) is 13.5 Å². The van der Waals surface area contributed by atoms with E-state index < -0.39 is 10.0 Å². The molecule has 6 nitrogen and oxygen atoms in total. The lowest BCUT2D eigenvalue weighted by Crippen LogP contribution is -2.32. The van der Waals surface area contributed by atoms with Gasteiger partial charge >= 0.3 is 0 Å². The van der Waals surface area contributed by atoms with Gasteiger partial charge in [0.25, 0.3) is 10.0 Å². The van der Waals surface area contributed by atoms with Gasteiger partial charge in [-0.05, 0) is 53.3 Å². The fourth-order valence-corrected chi connectivity index (χ4v) is 5.53. The summed E-state index contributed by atoms with van der Waals surface area (Å²) in [6, 6.07) is 23.0. The van der Waals surface area contributed by atoms with Crippen molar-refractivity contribution in [3.8, 4) is 0 Å². The summed E-state index contributed by atoms with van der Waals surface area (Å²) in [5.41, 5.74) is 2.64. The molecule has 0 amide bonds. The molecule has 4 rings (SSSR count). The second-order valence-electron chi connectivity index (χ2n) is 7.64. The maximum absolute atomic E-state index is 13.1. The van der Waals surface area contributed by atoms with E-state index >= 15 is 0 Å². The highest BCUT2D eigenvalue weighted by molar-refractivity contribution is 8.15. The van der Waals surface area contributed by atoms with E-state index in [1.54, 1.807) is 12.1 Å². The number of hydrazone groups is 1. The van der Waals surface area contributed by atoms with Gasteiger partial charge in [0.05, 0.1) is 17.2 Å². The molecule has 1 heterocycles. The van der Waals surface area contributed by atoms with E-state index in [0.717, 1.165) is 16.8 Å². The van der Waals surface area contributed by atoms with Crippen LogP contribution in [0.1, 0.15) is 24.0 Å². The van der Waals surface area contributed by atoms with Crippen LogP contribution in [0.15, 0.2) is 93.3 Å². The summed E-state index contributed by atoms with van der Waals surface area (Å²) < 4.78 is 30.3. The number of amidine groups is 1. The molecule has 1 aliphatic rings. The number of nitrogens with one attached hydrogen (secondary N) is 1. The summed E-state index contributed by atoms with van der Waals surface area (Å²) >= 11 is 13.2. The standard InChI is InChI=1S/C25H22Cl2N4O2S2/c1-2-34-24(28)25(30-35(32,33)21-14-12-20(27)13-15-21)31-16-22(17-6-4-3-5-7-17)23(29-31)18-8-10-19(26)11-9-18/h3-15,22,28H,2,16H2,1H3/b28-24?,30-25+. The summed E-state index contributed by atoms with van der Waals surface area (Å²) in [5, 5.41) is 15.9. The van der Waals surface area contributed by atoms with E-state index in [-0.39, 0.29) is 21.7 Å². The van der Waals surface area contributed by atoms with Crippen LogP contribution in [0.4, 0.5) is 0 Å². The minimum atomic E-state index is -4.10. The largest absolute Gasteiger partial charge is 0.291 e. The highest BCUT2D eigenvalue weighted by Gasteiger charge is 2.34. The third-order valence-electron chi connectivity index (χ3n) is 5.31. The molecule has 1 atom stereocenters. The van der Waals surface area contributed by atoms with Crippen LogP contribution in [0, 0.1) is 5.41 Å². The molecule has 0 aliphatic carbocycles.